The van der Waals surface area contributed by atoms with E-state index in [1.54, 1.807) is 0 Å². The quantitative estimate of drug-likeness (QED) is 0.495. The van der Waals surface area contributed by atoms with Crippen molar-refractivity contribution in [2.24, 2.45) is 11.8 Å². The minimum atomic E-state index is -0.0419. The zero-order chi connectivity index (χ0) is 7.84. The molecule has 60 valence electrons. The highest BCUT2D eigenvalue weighted by Gasteiger charge is 2.41. The Bertz CT molecular complexity index is 186. The summed E-state index contributed by atoms with van der Waals surface area (Å²) in [5, 5.41) is 0. The van der Waals surface area contributed by atoms with Crippen molar-refractivity contribution in [1.29, 1.82) is 0 Å². The van der Waals surface area contributed by atoms with Crippen LogP contribution in [0.25, 0.3) is 0 Å². The predicted octanol–water partition coefficient (Wildman–Crippen LogP) is 1.86. The van der Waals surface area contributed by atoms with Gasteiger partial charge in [-0.3, -0.25) is 4.79 Å². The van der Waals surface area contributed by atoms with Gasteiger partial charge in [0, 0.05) is 5.92 Å². The van der Waals surface area contributed by atoms with E-state index in [4.69, 9.17) is 4.74 Å². The number of rotatable bonds is 0. The first kappa shape index (κ1) is 6.89. The molecule has 1 heterocycles. The Morgan fingerprint density at radius 1 is 1.27 bits per heavy atom. The summed E-state index contributed by atoms with van der Waals surface area (Å²) in [6.07, 6.45) is 4.48. The lowest BCUT2D eigenvalue weighted by Crippen LogP contribution is -2.19. The molecule has 2 aliphatic rings. The minimum absolute atomic E-state index is 0.0419. The number of ether oxygens (including phenoxy) is 1. The fourth-order valence-corrected chi connectivity index (χ4v) is 2.08. The molecule has 0 aromatic heterocycles. The molecule has 2 nitrogen and oxygen atoms in total. The molecule has 0 bridgehead atoms. The molecule has 1 aliphatic heterocycles. The van der Waals surface area contributed by atoms with Gasteiger partial charge in [-0.15, -0.1) is 0 Å². The summed E-state index contributed by atoms with van der Waals surface area (Å²) >= 11 is 0. The van der Waals surface area contributed by atoms with E-state index in [0.29, 0.717) is 11.7 Å². The molecule has 0 amide bonds. The molecule has 2 heteroatoms. The summed E-state index contributed by atoms with van der Waals surface area (Å²) in [6.45, 7) is 3.75. The first-order valence-corrected chi connectivity index (χ1v) is 4.19. The maximum Gasteiger partial charge on any atom is 0.314 e. The summed E-state index contributed by atoms with van der Waals surface area (Å²) in [5.41, 5.74) is 0. The normalized spacial score (nSPS) is 36.7. The van der Waals surface area contributed by atoms with Crippen LogP contribution in [0.5, 0.6) is 0 Å². The number of cyclic esters (lactones) is 1. The maximum atomic E-state index is 11.1. The van der Waals surface area contributed by atoms with Gasteiger partial charge in [-0.2, -0.15) is 0 Å². The van der Waals surface area contributed by atoms with E-state index >= 15 is 0 Å². The second-order valence-electron chi connectivity index (χ2n) is 3.38. The molecule has 0 aromatic rings. The van der Waals surface area contributed by atoms with Crippen LogP contribution in [-0.2, 0) is 9.53 Å². The van der Waals surface area contributed by atoms with Crippen molar-refractivity contribution < 1.29 is 9.53 Å². The highest BCUT2D eigenvalue weighted by molar-refractivity contribution is 5.77. The Morgan fingerprint density at radius 2 is 1.91 bits per heavy atom. The first-order chi connectivity index (χ1) is 5.29. The van der Waals surface area contributed by atoms with Crippen LogP contribution in [0.3, 0.4) is 0 Å². The van der Waals surface area contributed by atoms with Gasteiger partial charge in [0.15, 0.2) is 0 Å². The fraction of sp³-hybridized carbons (Fsp3) is 0.667. The molecule has 11 heavy (non-hydrogen) atoms. The minimum Gasteiger partial charge on any atom is -0.431 e. The second-order valence-corrected chi connectivity index (χ2v) is 3.38. The predicted molar refractivity (Wildman–Crippen MR) is 40.7 cm³/mol. The van der Waals surface area contributed by atoms with Crippen molar-refractivity contribution in [1.82, 2.24) is 0 Å². The van der Waals surface area contributed by atoms with Gasteiger partial charge >= 0.3 is 5.97 Å². The zero-order valence-corrected chi connectivity index (χ0v) is 6.51. The molecule has 0 aromatic carbocycles. The lowest BCUT2D eigenvalue weighted by Gasteiger charge is -2.20. The number of hydrogen-bond acceptors (Lipinski definition) is 2. The fourth-order valence-electron chi connectivity index (χ4n) is 2.08. The average Bonchev–Trinajstić information content (AvgIpc) is 2.30. The molecule has 0 radical (unpaired) electrons. The second kappa shape index (κ2) is 2.36. The Morgan fingerprint density at radius 3 is 2.55 bits per heavy atom. The molecule has 2 atom stereocenters. The lowest BCUT2D eigenvalue weighted by molar-refractivity contribution is -0.139. The van der Waals surface area contributed by atoms with E-state index < -0.39 is 0 Å². The molecule has 1 saturated heterocycles. The third-order valence-electron chi connectivity index (χ3n) is 2.71. The van der Waals surface area contributed by atoms with E-state index in [2.05, 4.69) is 6.58 Å². The van der Waals surface area contributed by atoms with E-state index in [1.165, 1.54) is 12.8 Å². The Hall–Kier alpha value is -0.790. The van der Waals surface area contributed by atoms with Crippen molar-refractivity contribution in [3.05, 3.63) is 12.3 Å². The van der Waals surface area contributed by atoms with Crippen LogP contribution in [0.4, 0.5) is 0 Å². The van der Waals surface area contributed by atoms with Gasteiger partial charge in [0.25, 0.3) is 0 Å². The summed E-state index contributed by atoms with van der Waals surface area (Å²) < 4.78 is 4.97. The number of esters is 1. The van der Waals surface area contributed by atoms with Crippen LogP contribution >= 0.6 is 0 Å². The monoisotopic (exact) mass is 152 g/mol. The molecule has 1 aliphatic carbocycles. The number of carbonyl (C=O) groups excluding carboxylic acids is 1. The van der Waals surface area contributed by atoms with Gasteiger partial charge in [-0.25, -0.2) is 0 Å². The molecule has 2 unspecified atom stereocenters. The molecule has 2 rings (SSSR count). The van der Waals surface area contributed by atoms with Gasteiger partial charge in [-0.1, -0.05) is 19.4 Å². The first-order valence-electron chi connectivity index (χ1n) is 4.19. The van der Waals surface area contributed by atoms with E-state index in [-0.39, 0.29) is 11.9 Å². The molecular weight excluding hydrogens is 140 g/mol. The van der Waals surface area contributed by atoms with Gasteiger partial charge in [0.05, 0.1) is 5.92 Å². The Balaban J connectivity index is 2.19. The topological polar surface area (TPSA) is 26.3 Å². The number of allylic oxidation sites excluding steroid dienone is 1. The SMILES string of the molecule is C=C1OC(=O)C2CCCCC12. The average molecular weight is 152 g/mol. The maximum absolute atomic E-state index is 11.1. The standard InChI is InChI=1S/C9H12O2/c1-6-7-4-2-3-5-8(7)9(10)11-6/h7-8H,1-5H2. The van der Waals surface area contributed by atoms with E-state index in [0.717, 1.165) is 12.8 Å². The van der Waals surface area contributed by atoms with Crippen LogP contribution in [0, 0.1) is 11.8 Å². The molecule has 0 N–H and O–H groups in total. The summed E-state index contributed by atoms with van der Waals surface area (Å²) in [7, 11) is 0. The number of carbonyl (C=O) groups is 1. The third kappa shape index (κ3) is 0.971. The van der Waals surface area contributed by atoms with Crippen molar-refractivity contribution in [2.75, 3.05) is 0 Å². The zero-order valence-electron chi connectivity index (χ0n) is 6.51. The van der Waals surface area contributed by atoms with Gasteiger partial charge in [0.1, 0.15) is 5.76 Å². The van der Waals surface area contributed by atoms with Crippen molar-refractivity contribution in [2.45, 2.75) is 25.7 Å². The molecule has 1 saturated carbocycles. The van der Waals surface area contributed by atoms with Crippen LogP contribution in [0.15, 0.2) is 12.3 Å². The van der Waals surface area contributed by atoms with Crippen LogP contribution in [-0.4, -0.2) is 5.97 Å². The van der Waals surface area contributed by atoms with Gasteiger partial charge < -0.3 is 4.74 Å². The summed E-state index contributed by atoms with van der Waals surface area (Å²) in [5.74, 6) is 1.16. The van der Waals surface area contributed by atoms with Crippen molar-refractivity contribution in [3.8, 4) is 0 Å². The highest BCUT2D eigenvalue weighted by Crippen LogP contribution is 2.40. The van der Waals surface area contributed by atoms with E-state index in [1.807, 2.05) is 0 Å². The summed E-state index contributed by atoms with van der Waals surface area (Å²) in [6, 6.07) is 0. The Labute approximate surface area is 66.2 Å². The highest BCUT2D eigenvalue weighted by atomic mass is 16.5. The Kier molecular flexibility index (Phi) is 1.48. The molecule has 0 spiro atoms. The number of fused-ring (bicyclic) bond motifs is 1. The molecular formula is C9H12O2. The van der Waals surface area contributed by atoms with Crippen molar-refractivity contribution >= 4 is 5.97 Å². The summed E-state index contributed by atoms with van der Waals surface area (Å²) in [4.78, 5) is 11.1. The van der Waals surface area contributed by atoms with Crippen LogP contribution in [0.2, 0.25) is 0 Å². The van der Waals surface area contributed by atoms with Crippen LogP contribution < -0.4 is 0 Å². The third-order valence-corrected chi connectivity index (χ3v) is 2.71. The van der Waals surface area contributed by atoms with Crippen molar-refractivity contribution in [3.63, 3.8) is 0 Å². The smallest absolute Gasteiger partial charge is 0.314 e. The van der Waals surface area contributed by atoms with Gasteiger partial charge in [0.2, 0.25) is 0 Å². The molecule has 2 fully saturated rings. The number of hydrogen-bond donors (Lipinski definition) is 0. The largest absolute Gasteiger partial charge is 0.431 e. The van der Waals surface area contributed by atoms with Crippen LogP contribution in [0.1, 0.15) is 25.7 Å². The van der Waals surface area contributed by atoms with E-state index in [9.17, 15) is 4.79 Å². The van der Waals surface area contributed by atoms with Gasteiger partial charge in [-0.05, 0) is 12.8 Å². The lowest BCUT2D eigenvalue weighted by atomic mass is 9.80.